The van der Waals surface area contributed by atoms with Gasteiger partial charge in [-0.15, -0.1) is 0 Å². The standard InChI is InChI=1S/C25H24ClN2O/c1-17(18-5-3-2-4-6-18)28-14-11-20-16-27(13-12-23(20)28)24-10-8-19-7-9-21(26)15-22(19)25(24)29/h2-6,11-17,24H,7-10H2,1H3/q+1. The molecule has 0 aliphatic heterocycles. The van der Waals surface area contributed by atoms with Crippen molar-refractivity contribution >= 4 is 28.3 Å². The number of aromatic nitrogens is 2. The Morgan fingerprint density at radius 1 is 1.10 bits per heavy atom. The van der Waals surface area contributed by atoms with Crippen molar-refractivity contribution in [3.05, 3.63) is 88.9 Å². The van der Waals surface area contributed by atoms with Crippen LogP contribution in [0.15, 0.2) is 83.3 Å². The third-order valence-electron chi connectivity index (χ3n) is 6.38. The van der Waals surface area contributed by atoms with Crippen LogP contribution >= 0.6 is 11.6 Å². The van der Waals surface area contributed by atoms with Gasteiger partial charge in [-0.3, -0.25) is 4.79 Å². The topological polar surface area (TPSA) is 25.9 Å². The van der Waals surface area contributed by atoms with Gasteiger partial charge < -0.3 is 4.57 Å². The van der Waals surface area contributed by atoms with Crippen molar-refractivity contribution in [3.63, 3.8) is 0 Å². The largest absolute Gasteiger partial charge is 0.340 e. The Morgan fingerprint density at radius 3 is 2.76 bits per heavy atom. The van der Waals surface area contributed by atoms with Gasteiger partial charge in [-0.05, 0) is 43.9 Å². The van der Waals surface area contributed by atoms with Gasteiger partial charge in [0.1, 0.15) is 0 Å². The molecule has 0 spiro atoms. The highest BCUT2D eigenvalue weighted by Crippen LogP contribution is 2.36. The summed E-state index contributed by atoms with van der Waals surface area (Å²) in [7, 11) is 0. The van der Waals surface area contributed by atoms with Gasteiger partial charge in [0.2, 0.25) is 11.8 Å². The maximum atomic E-state index is 13.2. The number of fused-ring (bicyclic) bond motifs is 1. The lowest BCUT2D eigenvalue weighted by Gasteiger charge is -2.24. The molecule has 5 rings (SSSR count). The summed E-state index contributed by atoms with van der Waals surface area (Å²) in [5.41, 5.74) is 4.59. The molecule has 2 aliphatic carbocycles. The van der Waals surface area contributed by atoms with E-state index in [0.717, 1.165) is 41.7 Å². The van der Waals surface area contributed by atoms with E-state index in [0.29, 0.717) is 0 Å². The molecular weight excluding hydrogens is 380 g/mol. The molecule has 29 heavy (non-hydrogen) atoms. The molecule has 0 fully saturated rings. The zero-order valence-corrected chi connectivity index (χ0v) is 17.3. The summed E-state index contributed by atoms with van der Waals surface area (Å²) < 4.78 is 4.38. The van der Waals surface area contributed by atoms with Crippen LogP contribution in [-0.4, -0.2) is 10.4 Å². The molecule has 2 atom stereocenters. The fourth-order valence-electron chi connectivity index (χ4n) is 4.70. The Balaban J connectivity index is 1.47. The molecule has 0 saturated heterocycles. The van der Waals surface area contributed by atoms with Crippen LogP contribution in [0.5, 0.6) is 0 Å². The quantitative estimate of drug-likeness (QED) is 0.518. The molecular formula is C25H24ClN2O+. The normalized spacial score (nSPS) is 20.6. The van der Waals surface area contributed by atoms with E-state index in [4.69, 9.17) is 11.6 Å². The van der Waals surface area contributed by atoms with E-state index in [1.165, 1.54) is 16.7 Å². The lowest BCUT2D eigenvalue weighted by molar-refractivity contribution is -0.708. The summed E-state index contributed by atoms with van der Waals surface area (Å²) in [6.45, 7) is 2.22. The molecule has 3 nitrogen and oxygen atoms in total. The number of allylic oxidation sites excluding steroid dienone is 4. The Morgan fingerprint density at radius 2 is 1.93 bits per heavy atom. The number of Topliss-reactive ketones (excluding diaryl/α,β-unsaturated/α-hetero) is 1. The molecule has 1 aromatic carbocycles. The van der Waals surface area contributed by atoms with Gasteiger partial charge in [0.25, 0.3) is 0 Å². The lowest BCUT2D eigenvalue weighted by Crippen LogP contribution is -2.45. The van der Waals surface area contributed by atoms with E-state index < -0.39 is 0 Å². The number of benzene rings is 1. The van der Waals surface area contributed by atoms with E-state index in [1.807, 2.05) is 12.1 Å². The molecule has 0 amide bonds. The van der Waals surface area contributed by atoms with E-state index in [9.17, 15) is 4.79 Å². The van der Waals surface area contributed by atoms with Gasteiger partial charge >= 0.3 is 0 Å². The Labute approximate surface area is 175 Å². The number of pyridine rings is 1. The summed E-state index contributed by atoms with van der Waals surface area (Å²) in [6.07, 6.45) is 11.8. The zero-order chi connectivity index (χ0) is 20.0. The van der Waals surface area contributed by atoms with Crippen LogP contribution in [0.3, 0.4) is 0 Å². The second kappa shape index (κ2) is 7.31. The number of carbonyl (C=O) groups is 1. The fraction of sp³-hybridized carbons (Fsp3) is 0.280. The molecule has 0 N–H and O–H groups in total. The van der Waals surface area contributed by atoms with Crippen molar-refractivity contribution in [2.45, 2.75) is 44.7 Å². The van der Waals surface area contributed by atoms with Gasteiger partial charge in [-0.1, -0.05) is 47.5 Å². The average Bonchev–Trinajstić information content (AvgIpc) is 3.18. The van der Waals surface area contributed by atoms with Crippen LogP contribution in [-0.2, 0) is 4.79 Å². The molecule has 0 radical (unpaired) electrons. The maximum absolute atomic E-state index is 13.2. The van der Waals surface area contributed by atoms with Gasteiger partial charge in [0.05, 0.1) is 16.9 Å². The van der Waals surface area contributed by atoms with Crippen LogP contribution < -0.4 is 4.57 Å². The van der Waals surface area contributed by atoms with E-state index in [1.54, 1.807) is 0 Å². The van der Waals surface area contributed by atoms with Crippen LogP contribution in [0.2, 0.25) is 0 Å². The summed E-state index contributed by atoms with van der Waals surface area (Å²) in [6, 6.07) is 14.9. The minimum Gasteiger partial charge on any atom is -0.340 e. The first kappa shape index (κ1) is 18.4. The van der Waals surface area contributed by atoms with E-state index in [2.05, 4.69) is 71.0 Å². The van der Waals surface area contributed by atoms with Gasteiger partial charge in [-0.25, -0.2) is 0 Å². The van der Waals surface area contributed by atoms with Crippen LogP contribution in [0, 0.1) is 0 Å². The Bertz CT molecular complexity index is 1160. The van der Waals surface area contributed by atoms with Crippen molar-refractivity contribution in [1.82, 2.24) is 4.57 Å². The molecule has 2 heterocycles. The van der Waals surface area contributed by atoms with Crippen LogP contribution in [0.25, 0.3) is 10.9 Å². The highest BCUT2D eigenvalue weighted by atomic mass is 35.5. The monoisotopic (exact) mass is 403 g/mol. The molecule has 146 valence electrons. The highest BCUT2D eigenvalue weighted by molar-refractivity contribution is 6.30. The minimum atomic E-state index is -0.146. The summed E-state index contributed by atoms with van der Waals surface area (Å²) in [5.74, 6) is 0.200. The SMILES string of the molecule is CC(c1ccccc1)n1ccc2c[n+](C3CCC4=C(C=C(Cl)CC4)C3=O)ccc21. The predicted octanol–water partition coefficient (Wildman–Crippen LogP) is 5.66. The molecule has 4 heteroatoms. The van der Waals surface area contributed by atoms with Gasteiger partial charge in [0.15, 0.2) is 12.4 Å². The minimum absolute atomic E-state index is 0.146. The Hall–Kier alpha value is -2.65. The molecule has 0 bridgehead atoms. The second-order valence-electron chi connectivity index (χ2n) is 8.07. The van der Waals surface area contributed by atoms with Crippen molar-refractivity contribution in [3.8, 4) is 0 Å². The molecule has 2 unspecified atom stereocenters. The number of hydrogen-bond donors (Lipinski definition) is 0. The van der Waals surface area contributed by atoms with Crippen molar-refractivity contribution < 1.29 is 9.36 Å². The first-order chi connectivity index (χ1) is 14.1. The molecule has 3 aromatic rings. The number of ketones is 1. The first-order valence-electron chi connectivity index (χ1n) is 10.3. The molecule has 2 aliphatic rings. The van der Waals surface area contributed by atoms with Crippen molar-refractivity contribution in [1.29, 1.82) is 0 Å². The number of rotatable bonds is 3. The molecule has 0 saturated carbocycles. The summed E-state index contributed by atoms with van der Waals surface area (Å²) >= 11 is 6.22. The second-order valence-corrected chi connectivity index (χ2v) is 8.55. The van der Waals surface area contributed by atoms with Crippen molar-refractivity contribution in [2.24, 2.45) is 0 Å². The predicted molar refractivity (Wildman–Crippen MR) is 116 cm³/mol. The number of hydrogen-bond acceptors (Lipinski definition) is 1. The van der Waals surface area contributed by atoms with Gasteiger partial charge in [0, 0.05) is 29.3 Å². The number of halogens is 1. The van der Waals surface area contributed by atoms with Crippen LogP contribution in [0.4, 0.5) is 0 Å². The number of nitrogens with zero attached hydrogens (tertiary/aromatic N) is 2. The third-order valence-corrected chi connectivity index (χ3v) is 6.67. The third kappa shape index (κ3) is 3.24. The number of carbonyl (C=O) groups excluding carboxylic acids is 1. The fourth-order valence-corrected chi connectivity index (χ4v) is 4.90. The smallest absolute Gasteiger partial charge is 0.230 e. The van der Waals surface area contributed by atoms with Gasteiger partial charge in [-0.2, -0.15) is 4.57 Å². The van der Waals surface area contributed by atoms with Crippen molar-refractivity contribution in [2.75, 3.05) is 0 Å². The highest BCUT2D eigenvalue weighted by Gasteiger charge is 2.36. The van der Waals surface area contributed by atoms with E-state index >= 15 is 0 Å². The first-order valence-corrected chi connectivity index (χ1v) is 10.7. The maximum Gasteiger partial charge on any atom is 0.230 e. The average molecular weight is 404 g/mol. The lowest BCUT2D eigenvalue weighted by atomic mass is 9.82. The zero-order valence-electron chi connectivity index (χ0n) is 16.5. The summed E-state index contributed by atoms with van der Waals surface area (Å²) in [4.78, 5) is 13.2. The Kier molecular flexibility index (Phi) is 4.63. The van der Waals surface area contributed by atoms with Crippen LogP contribution in [0.1, 0.15) is 50.3 Å². The molecule has 2 aromatic heterocycles. The summed E-state index contributed by atoms with van der Waals surface area (Å²) in [5, 5.41) is 1.95. The van der Waals surface area contributed by atoms with E-state index in [-0.39, 0.29) is 17.9 Å².